The van der Waals surface area contributed by atoms with Crippen molar-refractivity contribution >= 4 is 22.3 Å². The van der Waals surface area contributed by atoms with E-state index in [9.17, 15) is 0 Å². The van der Waals surface area contributed by atoms with Crippen molar-refractivity contribution < 1.29 is 4.74 Å². The van der Waals surface area contributed by atoms with Gasteiger partial charge in [0.25, 0.3) is 0 Å². The van der Waals surface area contributed by atoms with Crippen LogP contribution in [0.3, 0.4) is 0 Å². The van der Waals surface area contributed by atoms with Crippen LogP contribution in [0, 0.1) is 6.92 Å². The first-order valence-corrected chi connectivity index (χ1v) is 11.3. The molecule has 0 aliphatic heterocycles. The maximum Gasteiger partial charge on any atom is 0.322 e. The van der Waals surface area contributed by atoms with Gasteiger partial charge in [-0.1, -0.05) is 12.1 Å². The fourth-order valence-electron chi connectivity index (χ4n) is 4.34. The van der Waals surface area contributed by atoms with Crippen LogP contribution in [0.1, 0.15) is 44.8 Å². The fraction of sp³-hybridized carbons (Fsp3) is 0.308. The molecule has 3 N–H and O–H groups in total. The Hall–Kier alpha value is -3.54. The molecule has 32 heavy (non-hydrogen) atoms. The summed E-state index contributed by atoms with van der Waals surface area (Å²) in [6, 6.07) is 17.7. The van der Waals surface area contributed by atoms with Gasteiger partial charge in [0.1, 0.15) is 5.75 Å². The lowest BCUT2D eigenvalue weighted by Gasteiger charge is -2.30. The highest BCUT2D eigenvalue weighted by atomic mass is 16.5. The highest BCUT2D eigenvalue weighted by Gasteiger charge is 2.27. The lowest BCUT2D eigenvalue weighted by Crippen LogP contribution is -2.18. The Morgan fingerprint density at radius 2 is 1.88 bits per heavy atom. The maximum atomic E-state index is 6.73. The highest BCUT2D eigenvalue weighted by Crippen LogP contribution is 2.45. The van der Waals surface area contributed by atoms with Gasteiger partial charge in [0, 0.05) is 46.7 Å². The van der Waals surface area contributed by atoms with E-state index in [2.05, 4.69) is 64.0 Å². The molecular weight excluding hydrogens is 398 g/mol. The molecule has 0 amide bonds. The number of aromatic nitrogens is 3. The van der Waals surface area contributed by atoms with Crippen molar-refractivity contribution in [1.82, 2.24) is 14.5 Å². The lowest BCUT2D eigenvalue weighted by molar-refractivity contribution is 0.324. The van der Waals surface area contributed by atoms with Crippen molar-refractivity contribution in [2.45, 2.75) is 52.1 Å². The number of nitrogen functional groups attached to an aromatic ring is 1. The Labute approximate surface area is 188 Å². The zero-order chi connectivity index (χ0) is 22.2. The molecule has 1 saturated carbocycles. The van der Waals surface area contributed by atoms with Crippen LogP contribution in [0.25, 0.3) is 22.2 Å². The normalized spacial score (nSPS) is 14.0. The second kappa shape index (κ2) is 8.19. The molecule has 1 aliphatic carbocycles. The van der Waals surface area contributed by atoms with Crippen LogP contribution in [-0.4, -0.2) is 20.6 Å². The van der Waals surface area contributed by atoms with Crippen molar-refractivity contribution in [3.05, 3.63) is 60.4 Å². The summed E-state index contributed by atoms with van der Waals surface area (Å²) in [5, 5.41) is 4.50. The van der Waals surface area contributed by atoms with Crippen molar-refractivity contribution in [3.8, 4) is 23.0 Å². The molecular formula is C26H29N5O. The highest BCUT2D eigenvalue weighted by molar-refractivity contribution is 6.01. The third kappa shape index (κ3) is 3.77. The Morgan fingerprint density at radius 1 is 1.09 bits per heavy atom. The minimum absolute atomic E-state index is 0.354. The zero-order valence-electron chi connectivity index (χ0n) is 18.8. The van der Waals surface area contributed by atoms with E-state index in [1.807, 2.05) is 25.1 Å². The minimum Gasteiger partial charge on any atom is -0.424 e. The smallest absolute Gasteiger partial charge is 0.322 e. The largest absolute Gasteiger partial charge is 0.424 e. The van der Waals surface area contributed by atoms with Crippen LogP contribution in [0.15, 0.2) is 54.7 Å². The number of nitrogens with two attached hydrogens (primary N) is 1. The molecule has 6 nitrogen and oxygen atoms in total. The van der Waals surface area contributed by atoms with Gasteiger partial charge in [-0.25, -0.2) is 9.97 Å². The van der Waals surface area contributed by atoms with Crippen molar-refractivity contribution in [2.75, 3.05) is 11.1 Å². The summed E-state index contributed by atoms with van der Waals surface area (Å²) in [6.07, 6.45) is 5.28. The van der Waals surface area contributed by atoms with Crippen molar-refractivity contribution in [2.24, 2.45) is 0 Å². The van der Waals surface area contributed by atoms with Crippen LogP contribution < -0.4 is 15.8 Å². The Bertz CT molecular complexity index is 1260. The molecule has 6 heteroatoms. The van der Waals surface area contributed by atoms with Crippen LogP contribution in [0.2, 0.25) is 0 Å². The number of aryl methyl sites for hydroxylation is 1. The van der Waals surface area contributed by atoms with E-state index < -0.39 is 0 Å². The minimum atomic E-state index is 0.354. The number of anilines is 2. The van der Waals surface area contributed by atoms with Crippen LogP contribution >= 0.6 is 0 Å². The number of benzene rings is 2. The summed E-state index contributed by atoms with van der Waals surface area (Å²) in [7, 11) is 0. The van der Waals surface area contributed by atoms with E-state index in [4.69, 9.17) is 10.5 Å². The van der Waals surface area contributed by atoms with Gasteiger partial charge in [-0.3, -0.25) is 0 Å². The van der Waals surface area contributed by atoms with Crippen molar-refractivity contribution in [1.29, 1.82) is 0 Å². The number of hydrogen-bond acceptors (Lipinski definition) is 5. The van der Waals surface area contributed by atoms with Crippen LogP contribution in [0.4, 0.5) is 11.4 Å². The summed E-state index contributed by atoms with van der Waals surface area (Å²) < 4.78 is 8.38. The van der Waals surface area contributed by atoms with E-state index in [1.165, 1.54) is 6.42 Å². The number of fused-ring (bicyclic) bond motifs is 1. The average Bonchev–Trinajstić information content (AvgIpc) is 2.99. The molecule has 5 rings (SSSR count). The molecule has 0 unspecified atom stereocenters. The first kappa shape index (κ1) is 20.4. The predicted octanol–water partition coefficient (Wildman–Crippen LogP) is 6.33. The molecule has 0 saturated heterocycles. The summed E-state index contributed by atoms with van der Waals surface area (Å²) in [6.45, 7) is 6.21. The van der Waals surface area contributed by atoms with E-state index in [0.717, 1.165) is 52.1 Å². The number of nitrogens with zero attached hydrogens (tertiary/aromatic N) is 3. The van der Waals surface area contributed by atoms with Gasteiger partial charge in [-0.2, -0.15) is 0 Å². The van der Waals surface area contributed by atoms with Gasteiger partial charge >= 0.3 is 6.01 Å². The van der Waals surface area contributed by atoms with Gasteiger partial charge in [0.2, 0.25) is 0 Å². The number of nitrogens with one attached hydrogen (secondary N) is 1. The van der Waals surface area contributed by atoms with E-state index in [1.54, 1.807) is 6.20 Å². The van der Waals surface area contributed by atoms with Gasteiger partial charge in [-0.15, -0.1) is 0 Å². The van der Waals surface area contributed by atoms with E-state index >= 15 is 0 Å². The summed E-state index contributed by atoms with van der Waals surface area (Å²) in [4.78, 5) is 8.59. The molecule has 0 radical (unpaired) electrons. The fourth-order valence-corrected chi connectivity index (χ4v) is 4.34. The summed E-state index contributed by atoms with van der Waals surface area (Å²) in [5.74, 6) is 0.712. The summed E-state index contributed by atoms with van der Waals surface area (Å²) >= 11 is 0. The molecule has 0 atom stereocenters. The summed E-state index contributed by atoms with van der Waals surface area (Å²) in [5.41, 5.74) is 12.8. The molecule has 2 aromatic carbocycles. The second-order valence-corrected chi connectivity index (χ2v) is 8.86. The monoisotopic (exact) mass is 427 g/mol. The average molecular weight is 428 g/mol. The molecule has 2 heterocycles. The van der Waals surface area contributed by atoms with Gasteiger partial charge < -0.3 is 20.4 Å². The molecule has 2 aromatic heterocycles. The van der Waals surface area contributed by atoms with E-state index in [-0.39, 0.29) is 0 Å². The topological polar surface area (TPSA) is 78.0 Å². The number of hydrogen-bond donors (Lipinski definition) is 2. The first-order valence-electron chi connectivity index (χ1n) is 11.3. The third-order valence-electron chi connectivity index (χ3n) is 6.05. The van der Waals surface area contributed by atoms with Gasteiger partial charge in [-0.05, 0) is 70.4 Å². The Morgan fingerprint density at radius 3 is 2.53 bits per heavy atom. The first-order chi connectivity index (χ1) is 15.5. The molecule has 164 valence electrons. The zero-order valence-corrected chi connectivity index (χ0v) is 18.8. The van der Waals surface area contributed by atoms with Crippen molar-refractivity contribution in [3.63, 3.8) is 0 Å². The number of ether oxygens (including phenoxy) is 1. The van der Waals surface area contributed by atoms with Crippen LogP contribution in [-0.2, 0) is 0 Å². The van der Waals surface area contributed by atoms with Gasteiger partial charge in [0.05, 0.1) is 16.9 Å². The number of rotatable bonds is 6. The second-order valence-electron chi connectivity index (χ2n) is 8.86. The molecule has 4 aromatic rings. The van der Waals surface area contributed by atoms with Gasteiger partial charge in [0.15, 0.2) is 0 Å². The third-order valence-corrected chi connectivity index (χ3v) is 6.05. The Kier molecular flexibility index (Phi) is 5.21. The molecule has 1 fully saturated rings. The Balaban J connectivity index is 1.59. The maximum absolute atomic E-state index is 6.73. The lowest BCUT2D eigenvalue weighted by atomic mass is 9.92. The quantitative estimate of drug-likeness (QED) is 0.376. The molecule has 0 bridgehead atoms. The van der Waals surface area contributed by atoms with E-state index in [0.29, 0.717) is 23.8 Å². The SMILES string of the molecule is Cc1ccnc(Oc2ccc3c(N)c(-c4ccc(NC(C)C)cc4)n(C4CCC4)c3c2)n1. The molecule has 1 aliphatic rings. The van der Waals surface area contributed by atoms with Crippen LogP contribution in [0.5, 0.6) is 11.8 Å². The predicted molar refractivity (Wildman–Crippen MR) is 130 cm³/mol. The molecule has 0 spiro atoms. The standard InChI is InChI=1S/C26H29N5O/c1-16(2)29-19-9-7-18(8-10-19)25-24(27)22-12-11-21(32-26-28-14-13-17(3)30-26)15-23(22)31(25)20-5-4-6-20/h7-16,20,29H,4-6,27H2,1-3H3.